The van der Waals surface area contributed by atoms with Gasteiger partial charge in [0, 0.05) is 18.2 Å². The summed E-state index contributed by atoms with van der Waals surface area (Å²) in [5.41, 5.74) is 0.702. The normalized spacial score (nSPS) is 25.2. The Morgan fingerprint density at radius 2 is 2.00 bits per heavy atom. The van der Waals surface area contributed by atoms with Crippen molar-refractivity contribution in [2.24, 2.45) is 0 Å². The fourth-order valence-corrected chi connectivity index (χ4v) is 2.62. The zero-order valence-electron chi connectivity index (χ0n) is 10.3. The number of aliphatic hydroxyl groups excluding tert-OH is 1. The maximum Gasteiger partial charge on any atom is 0.127 e. The van der Waals surface area contributed by atoms with Crippen LogP contribution in [0.25, 0.3) is 0 Å². The number of hydrogen-bond donors (Lipinski definition) is 1. The second kappa shape index (κ2) is 5.61. The van der Waals surface area contributed by atoms with Crippen molar-refractivity contribution in [3.05, 3.63) is 35.6 Å². The first-order chi connectivity index (χ1) is 8.18. The first-order valence-corrected chi connectivity index (χ1v) is 6.30. The number of likely N-dealkylation sites (N-methyl/N-ethyl adjacent to an activating group) is 1. The van der Waals surface area contributed by atoms with E-state index in [1.165, 1.54) is 6.07 Å². The summed E-state index contributed by atoms with van der Waals surface area (Å²) >= 11 is 0. The molecule has 2 nitrogen and oxygen atoms in total. The maximum atomic E-state index is 13.5. The van der Waals surface area contributed by atoms with Crippen molar-refractivity contribution in [3.63, 3.8) is 0 Å². The zero-order valence-corrected chi connectivity index (χ0v) is 10.3. The first kappa shape index (κ1) is 12.5. The second-order valence-electron chi connectivity index (χ2n) is 4.93. The van der Waals surface area contributed by atoms with Gasteiger partial charge in [0.2, 0.25) is 0 Å². The van der Waals surface area contributed by atoms with E-state index in [4.69, 9.17) is 0 Å². The van der Waals surface area contributed by atoms with Crippen LogP contribution in [-0.4, -0.2) is 29.2 Å². The van der Waals surface area contributed by atoms with Gasteiger partial charge in [0.1, 0.15) is 5.82 Å². The van der Waals surface area contributed by atoms with Gasteiger partial charge in [-0.15, -0.1) is 0 Å². The van der Waals surface area contributed by atoms with Crippen LogP contribution >= 0.6 is 0 Å². The van der Waals surface area contributed by atoms with E-state index in [-0.39, 0.29) is 18.0 Å². The highest BCUT2D eigenvalue weighted by molar-refractivity contribution is 5.17. The molecule has 1 aliphatic carbocycles. The predicted molar refractivity (Wildman–Crippen MR) is 66.1 cm³/mol. The van der Waals surface area contributed by atoms with Gasteiger partial charge in [-0.2, -0.15) is 0 Å². The largest absolute Gasteiger partial charge is 0.391 e. The Kier molecular flexibility index (Phi) is 4.13. The zero-order chi connectivity index (χ0) is 12.3. The molecule has 1 fully saturated rings. The lowest BCUT2D eigenvalue weighted by atomic mass is 9.91. The number of halogens is 1. The van der Waals surface area contributed by atoms with E-state index in [1.54, 1.807) is 12.1 Å². The van der Waals surface area contributed by atoms with Crippen molar-refractivity contribution >= 4 is 0 Å². The summed E-state index contributed by atoms with van der Waals surface area (Å²) in [7, 11) is 1.96. The predicted octanol–water partition coefficient (Wildman–Crippen LogP) is 2.56. The molecular weight excluding hydrogens is 217 g/mol. The van der Waals surface area contributed by atoms with Gasteiger partial charge in [-0.1, -0.05) is 31.0 Å². The lowest BCUT2D eigenvalue weighted by molar-refractivity contribution is 0.0284. The van der Waals surface area contributed by atoms with Gasteiger partial charge in [0.15, 0.2) is 0 Å². The van der Waals surface area contributed by atoms with Crippen LogP contribution in [0.1, 0.15) is 31.2 Å². The van der Waals surface area contributed by atoms with Crippen molar-refractivity contribution in [3.8, 4) is 0 Å². The Labute approximate surface area is 102 Å². The standard InChI is InChI=1S/C14H20FNO/c1-16(13-8-4-5-9-14(13)17)10-11-6-2-3-7-12(11)15/h2-3,6-7,13-14,17H,4-5,8-10H2,1H3/t13-,14-/m0/s1. The molecule has 0 aromatic heterocycles. The summed E-state index contributed by atoms with van der Waals surface area (Å²) in [6, 6.07) is 7.02. The Morgan fingerprint density at radius 1 is 1.29 bits per heavy atom. The Balaban J connectivity index is 2.01. The average molecular weight is 237 g/mol. The van der Waals surface area contributed by atoms with E-state index in [0.29, 0.717) is 12.1 Å². The van der Waals surface area contributed by atoms with Gasteiger partial charge in [-0.05, 0) is 26.0 Å². The summed E-state index contributed by atoms with van der Waals surface area (Å²) in [5.74, 6) is -0.162. The fourth-order valence-electron chi connectivity index (χ4n) is 2.62. The molecule has 2 rings (SSSR count). The van der Waals surface area contributed by atoms with Gasteiger partial charge >= 0.3 is 0 Å². The summed E-state index contributed by atoms with van der Waals surface area (Å²) < 4.78 is 13.5. The van der Waals surface area contributed by atoms with Crippen LogP contribution in [0.4, 0.5) is 4.39 Å². The van der Waals surface area contributed by atoms with Gasteiger partial charge in [0.05, 0.1) is 6.10 Å². The van der Waals surface area contributed by atoms with Gasteiger partial charge in [0.25, 0.3) is 0 Å². The maximum absolute atomic E-state index is 13.5. The quantitative estimate of drug-likeness (QED) is 0.873. The second-order valence-corrected chi connectivity index (χ2v) is 4.93. The summed E-state index contributed by atoms with van der Waals surface area (Å²) in [5, 5.41) is 9.95. The van der Waals surface area contributed by atoms with Crippen molar-refractivity contribution in [2.45, 2.75) is 44.4 Å². The van der Waals surface area contributed by atoms with Gasteiger partial charge in [-0.3, -0.25) is 4.90 Å². The van der Waals surface area contributed by atoms with Crippen LogP contribution < -0.4 is 0 Å². The van der Waals surface area contributed by atoms with Gasteiger partial charge in [-0.25, -0.2) is 4.39 Å². The molecule has 0 saturated heterocycles. The van der Waals surface area contributed by atoms with Crippen LogP contribution in [0, 0.1) is 5.82 Å². The van der Waals surface area contributed by atoms with E-state index < -0.39 is 0 Å². The highest BCUT2D eigenvalue weighted by Gasteiger charge is 2.26. The highest BCUT2D eigenvalue weighted by Crippen LogP contribution is 2.23. The van der Waals surface area contributed by atoms with E-state index in [1.807, 2.05) is 13.1 Å². The minimum absolute atomic E-state index is 0.162. The van der Waals surface area contributed by atoms with Crippen LogP contribution in [0.2, 0.25) is 0 Å². The highest BCUT2D eigenvalue weighted by atomic mass is 19.1. The molecule has 0 unspecified atom stereocenters. The number of hydrogen-bond acceptors (Lipinski definition) is 2. The third kappa shape index (κ3) is 3.05. The number of aliphatic hydroxyl groups is 1. The molecule has 17 heavy (non-hydrogen) atoms. The lowest BCUT2D eigenvalue weighted by Crippen LogP contribution is -2.42. The minimum atomic E-state index is -0.263. The SMILES string of the molecule is CN(Cc1ccccc1F)[C@H]1CCCC[C@@H]1O. The molecule has 1 aromatic rings. The van der Waals surface area contributed by atoms with Crippen molar-refractivity contribution in [1.82, 2.24) is 4.90 Å². The monoisotopic (exact) mass is 237 g/mol. The third-order valence-corrected chi connectivity index (χ3v) is 3.64. The molecule has 1 aromatic carbocycles. The minimum Gasteiger partial charge on any atom is -0.391 e. The molecule has 0 aliphatic heterocycles. The molecule has 94 valence electrons. The van der Waals surface area contributed by atoms with Crippen molar-refractivity contribution in [2.75, 3.05) is 7.05 Å². The van der Waals surface area contributed by atoms with E-state index >= 15 is 0 Å². The molecule has 1 saturated carbocycles. The number of rotatable bonds is 3. The van der Waals surface area contributed by atoms with Crippen molar-refractivity contribution < 1.29 is 9.50 Å². The molecule has 2 atom stereocenters. The summed E-state index contributed by atoms with van der Waals surface area (Å²) in [6.07, 6.45) is 3.87. The van der Waals surface area contributed by atoms with E-state index in [2.05, 4.69) is 4.90 Å². The number of benzene rings is 1. The summed E-state index contributed by atoms with van der Waals surface area (Å²) in [6.45, 7) is 0.564. The topological polar surface area (TPSA) is 23.5 Å². The molecular formula is C14H20FNO. The van der Waals surface area contributed by atoms with Gasteiger partial charge < -0.3 is 5.11 Å². The molecule has 1 N–H and O–H groups in total. The summed E-state index contributed by atoms with van der Waals surface area (Å²) in [4.78, 5) is 2.07. The van der Waals surface area contributed by atoms with E-state index in [0.717, 1.165) is 25.7 Å². The van der Waals surface area contributed by atoms with Crippen LogP contribution in [0.3, 0.4) is 0 Å². The molecule has 0 bridgehead atoms. The molecule has 3 heteroatoms. The van der Waals surface area contributed by atoms with Crippen LogP contribution in [-0.2, 0) is 6.54 Å². The molecule has 0 radical (unpaired) electrons. The molecule has 1 aliphatic rings. The Morgan fingerprint density at radius 3 is 2.71 bits per heavy atom. The molecule has 0 amide bonds. The van der Waals surface area contributed by atoms with E-state index in [9.17, 15) is 9.50 Å². The first-order valence-electron chi connectivity index (χ1n) is 6.30. The lowest BCUT2D eigenvalue weighted by Gasteiger charge is -2.35. The molecule has 0 spiro atoms. The van der Waals surface area contributed by atoms with Crippen molar-refractivity contribution in [1.29, 1.82) is 0 Å². The van der Waals surface area contributed by atoms with Crippen LogP contribution in [0.5, 0.6) is 0 Å². The Bertz CT molecular complexity index is 369. The smallest absolute Gasteiger partial charge is 0.127 e. The van der Waals surface area contributed by atoms with Crippen LogP contribution in [0.15, 0.2) is 24.3 Å². The Hall–Kier alpha value is -0.930. The average Bonchev–Trinajstić information content (AvgIpc) is 2.32. The molecule has 0 heterocycles. The fraction of sp³-hybridized carbons (Fsp3) is 0.571. The third-order valence-electron chi connectivity index (χ3n) is 3.64. The number of nitrogens with zero attached hydrogens (tertiary/aromatic N) is 1.